The van der Waals surface area contributed by atoms with E-state index in [1.54, 1.807) is 33.8 Å². The Morgan fingerprint density at radius 1 is 1.12 bits per heavy atom. The van der Waals surface area contributed by atoms with Gasteiger partial charge in [-0.3, -0.25) is 19.6 Å². The second kappa shape index (κ2) is 7.35. The van der Waals surface area contributed by atoms with Gasteiger partial charge in [0.25, 0.3) is 11.8 Å². The van der Waals surface area contributed by atoms with Gasteiger partial charge in [0, 0.05) is 18.7 Å². The summed E-state index contributed by atoms with van der Waals surface area (Å²) in [5, 5.41) is 2.70. The number of nitrogens with zero attached hydrogens (tertiary/aromatic N) is 2. The fourth-order valence-corrected chi connectivity index (χ4v) is 2.91. The highest BCUT2D eigenvalue weighted by Crippen LogP contribution is 2.37. The van der Waals surface area contributed by atoms with E-state index in [0.717, 1.165) is 0 Å². The highest BCUT2D eigenvalue weighted by molar-refractivity contribution is 6.10. The molecule has 2 amide bonds. The van der Waals surface area contributed by atoms with Gasteiger partial charge in [0.2, 0.25) is 0 Å². The molecule has 1 aliphatic heterocycles. The van der Waals surface area contributed by atoms with Crippen LogP contribution in [0.5, 0.6) is 5.75 Å². The molecule has 0 aliphatic carbocycles. The van der Waals surface area contributed by atoms with Gasteiger partial charge in [-0.15, -0.1) is 5.92 Å². The van der Waals surface area contributed by atoms with Gasteiger partial charge in [-0.1, -0.05) is 5.92 Å². The summed E-state index contributed by atoms with van der Waals surface area (Å²) in [7, 11) is 0. The molecule has 1 fully saturated rings. The van der Waals surface area contributed by atoms with E-state index in [1.165, 1.54) is 16.1 Å². The van der Waals surface area contributed by atoms with Gasteiger partial charge in [0.05, 0.1) is 12.2 Å². The van der Waals surface area contributed by atoms with Crippen molar-refractivity contribution in [3.8, 4) is 17.6 Å². The number of rotatable bonds is 5. The zero-order chi connectivity index (χ0) is 17.9. The summed E-state index contributed by atoms with van der Waals surface area (Å²) in [6.07, 6.45) is 0. The van der Waals surface area contributed by atoms with Crippen molar-refractivity contribution < 1.29 is 18.7 Å². The van der Waals surface area contributed by atoms with Crippen LogP contribution < -0.4 is 4.74 Å². The van der Waals surface area contributed by atoms with Crippen LogP contribution in [0.1, 0.15) is 44.7 Å². The molecule has 5 nitrogen and oxygen atoms in total. The number of carbonyl (C=O) groups excluding carboxylic acids is 2. The van der Waals surface area contributed by atoms with Crippen molar-refractivity contribution in [2.45, 2.75) is 33.6 Å². The van der Waals surface area contributed by atoms with E-state index < -0.39 is 23.5 Å². The summed E-state index contributed by atoms with van der Waals surface area (Å²) >= 11 is 0. The van der Waals surface area contributed by atoms with Gasteiger partial charge in [0.1, 0.15) is 11.6 Å². The number of hydrogen-bond donors (Lipinski definition) is 0. The van der Waals surface area contributed by atoms with E-state index >= 15 is 0 Å². The second-order valence-corrected chi connectivity index (χ2v) is 5.22. The Kier molecular flexibility index (Phi) is 5.45. The molecule has 1 aromatic rings. The molecule has 1 saturated heterocycles. The molecule has 128 valence electrons. The molecule has 2 rings (SSSR count). The molecular formula is C18H21FN2O3. The molecule has 0 aromatic heterocycles. The molecule has 0 saturated carbocycles. The molecule has 6 heteroatoms. The summed E-state index contributed by atoms with van der Waals surface area (Å²) in [6.45, 7) is 7.94. The van der Waals surface area contributed by atoms with Crippen LogP contribution in [0, 0.1) is 17.7 Å². The first-order valence-corrected chi connectivity index (χ1v) is 8.01. The quantitative estimate of drug-likeness (QED) is 0.614. The van der Waals surface area contributed by atoms with Gasteiger partial charge in [0.15, 0.2) is 5.92 Å². The van der Waals surface area contributed by atoms with Gasteiger partial charge in [-0.25, -0.2) is 4.39 Å². The SMILES string of the molecule is CC#Cc1cc(F)c(C2C(=O)N(CC)N(CC)C2=O)c(OCC)c1. The molecular weight excluding hydrogens is 311 g/mol. The average Bonchev–Trinajstić information content (AvgIpc) is 2.78. The van der Waals surface area contributed by atoms with E-state index in [2.05, 4.69) is 11.8 Å². The van der Waals surface area contributed by atoms with Crippen molar-refractivity contribution in [1.82, 2.24) is 10.0 Å². The average molecular weight is 332 g/mol. The number of hydrazine groups is 1. The monoisotopic (exact) mass is 332 g/mol. The zero-order valence-corrected chi connectivity index (χ0v) is 14.4. The van der Waals surface area contributed by atoms with Crippen molar-refractivity contribution >= 4 is 11.8 Å². The first kappa shape index (κ1) is 17.8. The molecule has 1 heterocycles. The normalized spacial score (nSPS) is 14.9. The number of likely N-dealkylation sites (N-methyl/N-ethyl adjacent to an activating group) is 2. The van der Waals surface area contributed by atoms with Crippen LogP contribution in [-0.4, -0.2) is 41.5 Å². The lowest BCUT2D eigenvalue weighted by Gasteiger charge is -2.24. The standard InChI is InChI=1S/C18H21FN2O3/c1-5-9-12-10-13(19)15(14(11-12)24-8-4)16-17(22)20(6-2)21(7-3)18(16)23/h10-11,16H,6-8H2,1-4H3. The summed E-state index contributed by atoms with van der Waals surface area (Å²) in [4.78, 5) is 25.3. The van der Waals surface area contributed by atoms with Crippen LogP contribution in [-0.2, 0) is 9.59 Å². The maximum Gasteiger partial charge on any atom is 0.258 e. The molecule has 0 radical (unpaired) electrons. The third-order valence-electron chi connectivity index (χ3n) is 3.84. The van der Waals surface area contributed by atoms with Crippen molar-refractivity contribution in [2.24, 2.45) is 0 Å². The van der Waals surface area contributed by atoms with Crippen LogP contribution in [0.25, 0.3) is 0 Å². The molecule has 0 unspecified atom stereocenters. The lowest BCUT2D eigenvalue weighted by atomic mass is 9.95. The Balaban J connectivity index is 2.60. The highest BCUT2D eigenvalue weighted by Gasteiger charge is 2.47. The second-order valence-electron chi connectivity index (χ2n) is 5.22. The Bertz CT molecular complexity index is 699. The van der Waals surface area contributed by atoms with Crippen LogP contribution in [0.15, 0.2) is 12.1 Å². The van der Waals surface area contributed by atoms with Gasteiger partial charge < -0.3 is 4.74 Å². The minimum Gasteiger partial charge on any atom is -0.493 e. The number of benzene rings is 1. The fourth-order valence-electron chi connectivity index (χ4n) is 2.91. The van der Waals surface area contributed by atoms with E-state index in [0.29, 0.717) is 25.3 Å². The van der Waals surface area contributed by atoms with Crippen LogP contribution in [0.3, 0.4) is 0 Å². The highest BCUT2D eigenvalue weighted by atomic mass is 19.1. The molecule has 1 aromatic carbocycles. The minimum atomic E-state index is -1.21. The molecule has 0 bridgehead atoms. The maximum absolute atomic E-state index is 14.7. The molecule has 24 heavy (non-hydrogen) atoms. The smallest absolute Gasteiger partial charge is 0.258 e. The van der Waals surface area contributed by atoms with Gasteiger partial charge >= 0.3 is 0 Å². The lowest BCUT2D eigenvalue weighted by Crippen LogP contribution is -2.40. The van der Waals surface area contributed by atoms with Crippen LogP contribution in [0.4, 0.5) is 4.39 Å². The predicted molar refractivity (Wildman–Crippen MR) is 87.6 cm³/mol. The Labute approximate surface area is 141 Å². The van der Waals surface area contributed by atoms with E-state index in [-0.39, 0.29) is 11.3 Å². The summed E-state index contributed by atoms with van der Waals surface area (Å²) in [5.74, 6) is 2.92. The minimum absolute atomic E-state index is 0.0112. The fraction of sp³-hybridized carbons (Fsp3) is 0.444. The molecule has 1 aliphatic rings. The van der Waals surface area contributed by atoms with Crippen molar-refractivity contribution in [1.29, 1.82) is 0 Å². The van der Waals surface area contributed by atoms with Crippen molar-refractivity contribution in [2.75, 3.05) is 19.7 Å². The summed E-state index contributed by atoms with van der Waals surface area (Å²) in [5.41, 5.74) is 0.433. The van der Waals surface area contributed by atoms with Crippen molar-refractivity contribution in [3.63, 3.8) is 0 Å². The van der Waals surface area contributed by atoms with E-state index in [1.807, 2.05) is 0 Å². The number of halogens is 1. The third-order valence-corrected chi connectivity index (χ3v) is 3.84. The van der Waals surface area contributed by atoms with Crippen molar-refractivity contribution in [3.05, 3.63) is 29.1 Å². The van der Waals surface area contributed by atoms with Crippen LogP contribution >= 0.6 is 0 Å². The van der Waals surface area contributed by atoms with Crippen LogP contribution in [0.2, 0.25) is 0 Å². The lowest BCUT2D eigenvalue weighted by molar-refractivity contribution is -0.145. The Hall–Kier alpha value is -2.55. The number of hydrogen-bond acceptors (Lipinski definition) is 3. The first-order chi connectivity index (χ1) is 11.5. The van der Waals surface area contributed by atoms with Gasteiger partial charge in [-0.05, 0) is 39.8 Å². The molecule has 0 atom stereocenters. The predicted octanol–water partition coefficient (Wildman–Crippen LogP) is 2.30. The third kappa shape index (κ3) is 2.94. The number of amides is 2. The Morgan fingerprint density at radius 3 is 2.17 bits per heavy atom. The largest absolute Gasteiger partial charge is 0.493 e. The first-order valence-electron chi connectivity index (χ1n) is 8.01. The Morgan fingerprint density at radius 2 is 1.71 bits per heavy atom. The number of carbonyl (C=O) groups is 2. The van der Waals surface area contributed by atoms with E-state index in [9.17, 15) is 14.0 Å². The van der Waals surface area contributed by atoms with Gasteiger partial charge in [-0.2, -0.15) is 0 Å². The van der Waals surface area contributed by atoms with E-state index in [4.69, 9.17) is 4.74 Å². The maximum atomic E-state index is 14.7. The molecule has 0 N–H and O–H groups in total. The summed E-state index contributed by atoms with van der Waals surface area (Å²) < 4.78 is 20.2. The molecule has 0 spiro atoms. The summed E-state index contributed by atoms with van der Waals surface area (Å²) in [6, 6.07) is 2.81. The zero-order valence-electron chi connectivity index (χ0n) is 14.4. The number of ether oxygens (including phenoxy) is 1. The topological polar surface area (TPSA) is 49.9 Å².